The Labute approximate surface area is 112 Å². The van der Waals surface area contributed by atoms with E-state index >= 15 is 0 Å². The van der Waals surface area contributed by atoms with Crippen molar-refractivity contribution >= 4 is 11.8 Å². The van der Waals surface area contributed by atoms with E-state index in [1.54, 1.807) is 18.5 Å². The zero-order valence-corrected chi connectivity index (χ0v) is 11.7. The van der Waals surface area contributed by atoms with E-state index in [0.29, 0.717) is 12.4 Å². The molecular weight excluding hydrogens is 246 g/mol. The fourth-order valence-electron chi connectivity index (χ4n) is 2.20. The molecule has 104 valence electrons. The topological polar surface area (TPSA) is 80.1 Å². The van der Waals surface area contributed by atoms with Gasteiger partial charge in [0.1, 0.15) is 24.2 Å². The maximum Gasteiger partial charge on any atom is 0.248 e. The van der Waals surface area contributed by atoms with Gasteiger partial charge in [-0.3, -0.25) is 9.59 Å². The number of nitrogens with zero attached hydrogens (tertiary/aromatic N) is 4. The summed E-state index contributed by atoms with van der Waals surface area (Å²) in [5.41, 5.74) is -0.863. The number of amides is 2. The molecule has 1 aliphatic rings. The Hall–Kier alpha value is -1.92. The van der Waals surface area contributed by atoms with E-state index < -0.39 is 5.54 Å². The molecule has 0 aromatic carbocycles. The van der Waals surface area contributed by atoms with E-state index in [9.17, 15) is 9.59 Å². The van der Waals surface area contributed by atoms with Crippen LogP contribution >= 0.6 is 0 Å². The van der Waals surface area contributed by atoms with Gasteiger partial charge < -0.3 is 10.2 Å². The molecule has 2 amide bonds. The Bertz CT molecular complexity index is 506. The zero-order valence-electron chi connectivity index (χ0n) is 11.7. The second-order valence-corrected chi connectivity index (χ2v) is 5.55. The van der Waals surface area contributed by atoms with Crippen molar-refractivity contribution in [2.75, 3.05) is 6.54 Å². The van der Waals surface area contributed by atoms with E-state index in [1.165, 1.54) is 11.2 Å². The molecule has 7 heteroatoms. The number of piperazine rings is 1. The smallest absolute Gasteiger partial charge is 0.248 e. The molecule has 1 fully saturated rings. The van der Waals surface area contributed by atoms with E-state index in [4.69, 9.17) is 0 Å². The molecule has 1 saturated heterocycles. The van der Waals surface area contributed by atoms with Crippen LogP contribution in [0.25, 0.3) is 0 Å². The van der Waals surface area contributed by atoms with Crippen LogP contribution in [-0.2, 0) is 16.1 Å². The molecule has 1 aromatic heterocycles. The SMILES string of the molecule is CC(C)n1ncnc1CN1CC(=O)NC(C)(C)C1=O. The van der Waals surface area contributed by atoms with Crippen molar-refractivity contribution < 1.29 is 9.59 Å². The van der Waals surface area contributed by atoms with Crippen molar-refractivity contribution in [3.63, 3.8) is 0 Å². The molecule has 0 bridgehead atoms. The van der Waals surface area contributed by atoms with Gasteiger partial charge in [0.2, 0.25) is 11.8 Å². The van der Waals surface area contributed by atoms with Gasteiger partial charge in [-0.25, -0.2) is 9.67 Å². The van der Waals surface area contributed by atoms with Crippen LogP contribution in [0.3, 0.4) is 0 Å². The Balaban J connectivity index is 2.20. The number of nitrogens with one attached hydrogen (secondary N) is 1. The number of aromatic nitrogens is 3. The second-order valence-electron chi connectivity index (χ2n) is 5.55. The second kappa shape index (κ2) is 4.64. The lowest BCUT2D eigenvalue weighted by molar-refractivity contribution is -0.149. The normalized spacial score (nSPS) is 18.9. The monoisotopic (exact) mass is 265 g/mol. The zero-order chi connectivity index (χ0) is 14.2. The van der Waals surface area contributed by atoms with Gasteiger partial charge >= 0.3 is 0 Å². The van der Waals surface area contributed by atoms with Crippen molar-refractivity contribution in [2.24, 2.45) is 0 Å². The van der Waals surface area contributed by atoms with Gasteiger partial charge in [0.05, 0.1) is 6.54 Å². The van der Waals surface area contributed by atoms with E-state index in [-0.39, 0.29) is 24.4 Å². The van der Waals surface area contributed by atoms with E-state index in [2.05, 4.69) is 15.4 Å². The van der Waals surface area contributed by atoms with Crippen molar-refractivity contribution in [3.8, 4) is 0 Å². The molecule has 0 aliphatic carbocycles. The fraction of sp³-hybridized carbons (Fsp3) is 0.667. The highest BCUT2D eigenvalue weighted by atomic mass is 16.2. The number of rotatable bonds is 3. The molecule has 0 saturated carbocycles. The summed E-state index contributed by atoms with van der Waals surface area (Å²) in [6.07, 6.45) is 1.47. The summed E-state index contributed by atoms with van der Waals surface area (Å²) in [6.45, 7) is 7.75. The molecule has 0 radical (unpaired) electrons. The highest BCUT2D eigenvalue weighted by Crippen LogP contribution is 2.16. The van der Waals surface area contributed by atoms with Crippen molar-refractivity contribution in [3.05, 3.63) is 12.2 Å². The van der Waals surface area contributed by atoms with Gasteiger partial charge in [-0.05, 0) is 27.7 Å². The molecule has 2 rings (SSSR count). The van der Waals surface area contributed by atoms with Crippen molar-refractivity contribution in [1.29, 1.82) is 0 Å². The Morgan fingerprint density at radius 2 is 2.11 bits per heavy atom. The van der Waals surface area contributed by atoms with Gasteiger partial charge in [-0.2, -0.15) is 5.10 Å². The summed E-state index contributed by atoms with van der Waals surface area (Å²) in [7, 11) is 0. The number of carbonyl (C=O) groups is 2. The first-order chi connectivity index (χ1) is 8.81. The van der Waals surface area contributed by atoms with Crippen LogP contribution in [0.15, 0.2) is 6.33 Å². The minimum atomic E-state index is -0.863. The number of hydrogen-bond donors (Lipinski definition) is 1. The van der Waals surface area contributed by atoms with Crippen LogP contribution in [-0.4, -0.2) is 43.6 Å². The van der Waals surface area contributed by atoms with Crippen LogP contribution in [0, 0.1) is 0 Å². The summed E-state index contributed by atoms with van der Waals surface area (Å²) in [4.78, 5) is 29.6. The molecule has 0 spiro atoms. The minimum Gasteiger partial charge on any atom is -0.341 e. The lowest BCUT2D eigenvalue weighted by atomic mass is 10.0. The van der Waals surface area contributed by atoms with Crippen molar-refractivity contribution in [1.82, 2.24) is 25.0 Å². The first kappa shape index (κ1) is 13.5. The first-order valence-electron chi connectivity index (χ1n) is 6.30. The molecular formula is C12H19N5O2. The average Bonchev–Trinajstić information content (AvgIpc) is 2.72. The average molecular weight is 265 g/mol. The van der Waals surface area contributed by atoms with Gasteiger partial charge in [-0.1, -0.05) is 0 Å². The highest BCUT2D eigenvalue weighted by molar-refractivity contribution is 5.97. The molecule has 0 unspecified atom stereocenters. The van der Waals surface area contributed by atoms with Gasteiger partial charge in [0.25, 0.3) is 0 Å². The van der Waals surface area contributed by atoms with Crippen LogP contribution in [0.1, 0.15) is 39.6 Å². The predicted molar refractivity (Wildman–Crippen MR) is 68.0 cm³/mol. The highest BCUT2D eigenvalue weighted by Gasteiger charge is 2.39. The van der Waals surface area contributed by atoms with E-state index in [0.717, 1.165) is 0 Å². The standard InChI is InChI=1S/C12H19N5O2/c1-8(2)17-9(13-7-14-17)5-16-6-10(18)15-12(3,4)11(16)19/h7-8H,5-6H2,1-4H3,(H,15,18). The summed E-state index contributed by atoms with van der Waals surface area (Å²) < 4.78 is 1.76. The largest absolute Gasteiger partial charge is 0.341 e. The maximum atomic E-state index is 12.3. The summed E-state index contributed by atoms with van der Waals surface area (Å²) in [6, 6.07) is 0.166. The molecule has 1 N–H and O–H groups in total. The van der Waals surface area contributed by atoms with Gasteiger partial charge in [0, 0.05) is 6.04 Å². The predicted octanol–water partition coefficient (Wildman–Crippen LogP) is 0.0960. The molecule has 7 nitrogen and oxygen atoms in total. The van der Waals surface area contributed by atoms with Gasteiger partial charge in [0.15, 0.2) is 0 Å². The third kappa shape index (κ3) is 2.59. The Morgan fingerprint density at radius 3 is 2.74 bits per heavy atom. The van der Waals surface area contributed by atoms with E-state index in [1.807, 2.05) is 13.8 Å². The van der Waals surface area contributed by atoms with Crippen LogP contribution in [0.4, 0.5) is 0 Å². The fourth-order valence-corrected chi connectivity index (χ4v) is 2.20. The molecule has 0 atom stereocenters. The maximum absolute atomic E-state index is 12.3. The Morgan fingerprint density at radius 1 is 1.42 bits per heavy atom. The molecule has 1 aliphatic heterocycles. The summed E-state index contributed by atoms with van der Waals surface area (Å²) in [5, 5.41) is 6.81. The molecule has 2 heterocycles. The summed E-state index contributed by atoms with van der Waals surface area (Å²) in [5.74, 6) is 0.430. The minimum absolute atomic E-state index is 0.0627. The molecule has 19 heavy (non-hydrogen) atoms. The van der Waals surface area contributed by atoms with Crippen LogP contribution in [0.2, 0.25) is 0 Å². The number of carbonyl (C=O) groups excluding carboxylic acids is 2. The first-order valence-corrected chi connectivity index (χ1v) is 6.30. The van der Waals surface area contributed by atoms with Gasteiger partial charge in [-0.15, -0.1) is 0 Å². The number of hydrogen-bond acceptors (Lipinski definition) is 4. The van der Waals surface area contributed by atoms with Crippen LogP contribution < -0.4 is 5.32 Å². The third-order valence-corrected chi connectivity index (χ3v) is 3.08. The quantitative estimate of drug-likeness (QED) is 0.840. The summed E-state index contributed by atoms with van der Waals surface area (Å²) >= 11 is 0. The van der Waals surface area contributed by atoms with Crippen molar-refractivity contribution in [2.45, 2.75) is 45.8 Å². The lowest BCUT2D eigenvalue weighted by Gasteiger charge is -2.37. The lowest BCUT2D eigenvalue weighted by Crippen LogP contribution is -2.63. The van der Waals surface area contributed by atoms with Crippen LogP contribution in [0.5, 0.6) is 0 Å². The molecule has 1 aromatic rings. The third-order valence-electron chi connectivity index (χ3n) is 3.08. The Kier molecular flexibility index (Phi) is 3.30.